The fourth-order valence-corrected chi connectivity index (χ4v) is 2.84. The van der Waals surface area contributed by atoms with E-state index < -0.39 is 0 Å². The minimum atomic E-state index is -0.355. The SMILES string of the molecule is CCCC(CCN)C(Oc1cccc(F)c1)c1cccc(F)c1. The Morgan fingerprint density at radius 2 is 1.70 bits per heavy atom. The van der Waals surface area contributed by atoms with Crippen molar-refractivity contribution in [2.75, 3.05) is 6.54 Å². The molecule has 0 heterocycles. The molecule has 0 aromatic heterocycles. The lowest BCUT2D eigenvalue weighted by Crippen LogP contribution is -2.22. The van der Waals surface area contributed by atoms with E-state index in [9.17, 15) is 8.78 Å². The van der Waals surface area contributed by atoms with Crippen LogP contribution in [0.4, 0.5) is 8.78 Å². The van der Waals surface area contributed by atoms with Crippen molar-refractivity contribution in [3.63, 3.8) is 0 Å². The van der Waals surface area contributed by atoms with Gasteiger partial charge in [0.05, 0.1) is 0 Å². The first-order chi connectivity index (χ1) is 11.1. The molecule has 124 valence electrons. The molecule has 0 fully saturated rings. The van der Waals surface area contributed by atoms with Crippen LogP contribution >= 0.6 is 0 Å². The van der Waals surface area contributed by atoms with Crippen molar-refractivity contribution >= 4 is 0 Å². The van der Waals surface area contributed by atoms with Gasteiger partial charge in [-0.3, -0.25) is 0 Å². The maximum atomic E-state index is 13.6. The van der Waals surface area contributed by atoms with Gasteiger partial charge in [-0.1, -0.05) is 31.5 Å². The molecule has 2 N–H and O–H groups in total. The Morgan fingerprint density at radius 3 is 2.30 bits per heavy atom. The molecule has 0 amide bonds. The number of nitrogens with two attached hydrogens (primary N) is 1. The summed E-state index contributed by atoms with van der Waals surface area (Å²) >= 11 is 0. The molecule has 4 heteroatoms. The van der Waals surface area contributed by atoms with Gasteiger partial charge in [0.2, 0.25) is 0 Å². The summed E-state index contributed by atoms with van der Waals surface area (Å²) in [6, 6.07) is 12.4. The Bertz CT molecular complexity index is 612. The van der Waals surface area contributed by atoms with Crippen LogP contribution < -0.4 is 10.5 Å². The largest absolute Gasteiger partial charge is 0.485 e. The monoisotopic (exact) mass is 319 g/mol. The molecule has 2 nitrogen and oxygen atoms in total. The minimum absolute atomic E-state index is 0.148. The van der Waals surface area contributed by atoms with E-state index >= 15 is 0 Å². The van der Waals surface area contributed by atoms with Crippen molar-refractivity contribution in [1.82, 2.24) is 0 Å². The first kappa shape index (κ1) is 17.4. The summed E-state index contributed by atoms with van der Waals surface area (Å²) in [5.74, 6) is -0.0721. The number of halogens is 2. The van der Waals surface area contributed by atoms with Crippen LogP contribution in [0.15, 0.2) is 48.5 Å². The summed E-state index contributed by atoms with van der Waals surface area (Å²) in [6.07, 6.45) is 2.30. The molecule has 23 heavy (non-hydrogen) atoms. The van der Waals surface area contributed by atoms with Crippen LogP contribution in [0, 0.1) is 17.6 Å². The normalized spacial score (nSPS) is 13.6. The number of ether oxygens (including phenoxy) is 1. The second kappa shape index (κ2) is 8.63. The van der Waals surface area contributed by atoms with E-state index in [2.05, 4.69) is 6.92 Å². The predicted octanol–water partition coefficient (Wildman–Crippen LogP) is 4.85. The van der Waals surface area contributed by atoms with Crippen LogP contribution in [0.5, 0.6) is 5.75 Å². The van der Waals surface area contributed by atoms with Gasteiger partial charge in [-0.2, -0.15) is 0 Å². The molecular weight excluding hydrogens is 296 g/mol. The van der Waals surface area contributed by atoms with Crippen LogP contribution in [-0.4, -0.2) is 6.54 Å². The average molecular weight is 319 g/mol. The highest BCUT2D eigenvalue weighted by molar-refractivity contribution is 5.26. The number of rotatable bonds is 8. The summed E-state index contributed by atoms with van der Waals surface area (Å²) in [6.45, 7) is 2.62. The van der Waals surface area contributed by atoms with Gasteiger partial charge in [-0.05, 0) is 49.2 Å². The van der Waals surface area contributed by atoms with Gasteiger partial charge in [0, 0.05) is 12.0 Å². The lowest BCUT2D eigenvalue weighted by Gasteiger charge is -2.28. The third-order valence-electron chi connectivity index (χ3n) is 3.86. The fraction of sp³-hybridized carbons (Fsp3) is 0.368. The number of hydrogen-bond acceptors (Lipinski definition) is 2. The van der Waals surface area contributed by atoms with Gasteiger partial charge in [0.25, 0.3) is 0 Å². The van der Waals surface area contributed by atoms with E-state index in [4.69, 9.17) is 10.5 Å². The molecule has 0 saturated carbocycles. The summed E-state index contributed by atoms with van der Waals surface area (Å²) in [7, 11) is 0. The zero-order chi connectivity index (χ0) is 16.7. The number of hydrogen-bond donors (Lipinski definition) is 1. The molecule has 0 aliphatic rings. The van der Waals surface area contributed by atoms with E-state index in [1.165, 1.54) is 24.3 Å². The topological polar surface area (TPSA) is 35.2 Å². The molecule has 2 unspecified atom stereocenters. The second-order valence-corrected chi connectivity index (χ2v) is 5.68. The van der Waals surface area contributed by atoms with E-state index in [1.54, 1.807) is 18.2 Å². The quantitative estimate of drug-likeness (QED) is 0.755. The lowest BCUT2D eigenvalue weighted by molar-refractivity contribution is 0.122. The third-order valence-corrected chi connectivity index (χ3v) is 3.86. The van der Waals surface area contributed by atoms with Gasteiger partial charge in [-0.25, -0.2) is 8.78 Å². The Kier molecular flexibility index (Phi) is 6.53. The van der Waals surface area contributed by atoms with Gasteiger partial charge < -0.3 is 10.5 Å². The average Bonchev–Trinajstić information content (AvgIpc) is 2.52. The maximum Gasteiger partial charge on any atom is 0.127 e. The lowest BCUT2D eigenvalue weighted by atomic mass is 9.89. The summed E-state index contributed by atoms with van der Waals surface area (Å²) < 4.78 is 33.1. The van der Waals surface area contributed by atoms with E-state index in [1.807, 2.05) is 6.07 Å². The molecule has 0 aliphatic heterocycles. The Balaban J connectivity index is 2.33. The summed E-state index contributed by atoms with van der Waals surface area (Å²) in [5, 5.41) is 0. The molecule has 2 atom stereocenters. The third kappa shape index (κ3) is 5.03. The van der Waals surface area contributed by atoms with Crippen molar-refractivity contribution in [1.29, 1.82) is 0 Å². The van der Waals surface area contributed by atoms with E-state index in [0.717, 1.165) is 24.8 Å². The molecule has 0 spiro atoms. The van der Waals surface area contributed by atoms with E-state index in [0.29, 0.717) is 12.3 Å². The van der Waals surface area contributed by atoms with E-state index in [-0.39, 0.29) is 23.7 Å². The van der Waals surface area contributed by atoms with Gasteiger partial charge in [0.1, 0.15) is 23.5 Å². The van der Waals surface area contributed by atoms with Crippen molar-refractivity contribution in [3.8, 4) is 5.75 Å². The zero-order valence-corrected chi connectivity index (χ0v) is 13.3. The molecule has 0 radical (unpaired) electrons. The zero-order valence-electron chi connectivity index (χ0n) is 13.3. The minimum Gasteiger partial charge on any atom is -0.485 e. The predicted molar refractivity (Wildman–Crippen MR) is 88.2 cm³/mol. The number of benzene rings is 2. The van der Waals surface area contributed by atoms with Gasteiger partial charge in [0.15, 0.2) is 0 Å². The van der Waals surface area contributed by atoms with Crippen LogP contribution in [0.25, 0.3) is 0 Å². The Hall–Kier alpha value is -1.94. The Labute approximate surface area is 136 Å². The molecule has 2 aromatic carbocycles. The standard InChI is InChI=1S/C19H23F2NO/c1-2-5-14(10-11-22)19(15-6-3-7-16(20)12-15)23-18-9-4-8-17(21)13-18/h3-4,6-9,12-14,19H,2,5,10-11,22H2,1H3. The van der Waals surface area contributed by atoms with Crippen LogP contribution in [0.3, 0.4) is 0 Å². The molecule has 2 aromatic rings. The van der Waals surface area contributed by atoms with Crippen molar-refractivity contribution in [2.24, 2.45) is 11.7 Å². The first-order valence-electron chi connectivity index (χ1n) is 8.01. The van der Waals surface area contributed by atoms with Crippen molar-refractivity contribution in [2.45, 2.75) is 32.3 Å². The van der Waals surface area contributed by atoms with Crippen molar-refractivity contribution < 1.29 is 13.5 Å². The molecule has 2 rings (SSSR count). The highest BCUT2D eigenvalue weighted by atomic mass is 19.1. The molecule has 0 saturated heterocycles. The first-order valence-corrected chi connectivity index (χ1v) is 8.01. The second-order valence-electron chi connectivity index (χ2n) is 5.68. The fourth-order valence-electron chi connectivity index (χ4n) is 2.84. The molecule has 0 aliphatic carbocycles. The van der Waals surface area contributed by atoms with Gasteiger partial charge in [-0.15, -0.1) is 0 Å². The van der Waals surface area contributed by atoms with Crippen LogP contribution in [-0.2, 0) is 0 Å². The Morgan fingerprint density at radius 1 is 1.00 bits per heavy atom. The van der Waals surface area contributed by atoms with Crippen LogP contribution in [0.2, 0.25) is 0 Å². The summed E-state index contributed by atoms with van der Waals surface area (Å²) in [5.41, 5.74) is 6.48. The smallest absolute Gasteiger partial charge is 0.127 e. The summed E-state index contributed by atoms with van der Waals surface area (Å²) in [4.78, 5) is 0. The molecular formula is C19H23F2NO. The highest BCUT2D eigenvalue weighted by Gasteiger charge is 2.24. The van der Waals surface area contributed by atoms with Gasteiger partial charge >= 0.3 is 0 Å². The highest BCUT2D eigenvalue weighted by Crippen LogP contribution is 2.33. The maximum absolute atomic E-state index is 13.6. The van der Waals surface area contributed by atoms with Crippen molar-refractivity contribution in [3.05, 3.63) is 65.7 Å². The molecule has 0 bridgehead atoms. The van der Waals surface area contributed by atoms with Crippen LogP contribution in [0.1, 0.15) is 37.9 Å².